The number of piperidine rings is 1. The highest BCUT2D eigenvalue weighted by Crippen LogP contribution is 2.44. The fourth-order valence-electron chi connectivity index (χ4n) is 6.30. The lowest BCUT2D eigenvalue weighted by Gasteiger charge is -2.37. The summed E-state index contributed by atoms with van der Waals surface area (Å²) in [7, 11) is 0. The van der Waals surface area contributed by atoms with E-state index >= 15 is 0 Å². The average molecular weight is 587 g/mol. The summed E-state index contributed by atoms with van der Waals surface area (Å²) in [6.45, 7) is 6.56. The number of halogens is 1. The second kappa shape index (κ2) is 11.1. The van der Waals surface area contributed by atoms with Crippen molar-refractivity contribution in [2.24, 2.45) is 11.8 Å². The van der Waals surface area contributed by atoms with Gasteiger partial charge < -0.3 is 19.7 Å². The Morgan fingerprint density at radius 1 is 1.00 bits per heavy atom. The number of anilines is 2. The lowest BCUT2D eigenvalue weighted by molar-refractivity contribution is -0.384. The van der Waals surface area contributed by atoms with Crippen molar-refractivity contribution in [3.05, 3.63) is 112 Å². The van der Waals surface area contributed by atoms with Crippen LogP contribution in [0.4, 0.5) is 17.1 Å². The van der Waals surface area contributed by atoms with Gasteiger partial charge in [0.05, 0.1) is 27.4 Å². The summed E-state index contributed by atoms with van der Waals surface area (Å²) in [6.07, 6.45) is 4.96. The summed E-state index contributed by atoms with van der Waals surface area (Å²) in [5.41, 5.74) is 4.60. The Kier molecular flexibility index (Phi) is 7.40. The van der Waals surface area contributed by atoms with Gasteiger partial charge in [-0.05, 0) is 85.1 Å². The Labute approximate surface area is 249 Å². The zero-order valence-corrected chi connectivity index (χ0v) is 24.4. The Bertz CT molecular complexity index is 1570. The first-order valence-corrected chi connectivity index (χ1v) is 14.6. The quantitative estimate of drug-likeness (QED) is 0.147. The molecule has 2 aromatic heterocycles. The molecule has 2 aliphatic rings. The topological polar surface area (TPSA) is 79.5 Å². The van der Waals surface area contributed by atoms with Gasteiger partial charge in [0.25, 0.3) is 5.69 Å². The minimum absolute atomic E-state index is 0.0476. The Morgan fingerprint density at radius 2 is 1.73 bits per heavy atom. The monoisotopic (exact) mass is 586 g/mol. The van der Waals surface area contributed by atoms with E-state index in [2.05, 4.69) is 52.1 Å². The van der Waals surface area contributed by atoms with Crippen LogP contribution in [0.3, 0.4) is 0 Å². The van der Waals surface area contributed by atoms with Crippen LogP contribution in [0.15, 0.2) is 85.2 Å². The van der Waals surface area contributed by atoms with E-state index in [0.717, 1.165) is 41.5 Å². The van der Waals surface area contributed by atoms with Gasteiger partial charge in [0, 0.05) is 54.7 Å². The molecule has 4 heterocycles. The maximum atomic E-state index is 11.2. The molecule has 0 aliphatic carbocycles. The molecule has 4 aromatic rings. The fraction of sp³-hybridized carbons (Fsp3) is 0.290. The van der Waals surface area contributed by atoms with Gasteiger partial charge in [-0.3, -0.25) is 15.1 Å². The van der Waals surface area contributed by atoms with Crippen molar-refractivity contribution < 1.29 is 4.92 Å². The fourth-order valence-corrected chi connectivity index (χ4v) is 6.94. The molecule has 6 rings (SSSR count). The predicted molar refractivity (Wildman–Crippen MR) is 167 cm³/mol. The van der Waals surface area contributed by atoms with Crippen molar-refractivity contribution in [2.45, 2.75) is 32.4 Å². The molecule has 2 aliphatic heterocycles. The molecule has 0 amide bonds. The molecule has 0 bridgehead atoms. The summed E-state index contributed by atoms with van der Waals surface area (Å²) in [6, 6.07) is 22.1. The minimum atomic E-state index is -0.392. The van der Waals surface area contributed by atoms with Crippen LogP contribution in [-0.4, -0.2) is 32.7 Å². The molecule has 210 valence electrons. The number of nitro benzene ring substituents is 1. The maximum absolute atomic E-state index is 11.2. The molecule has 1 N–H and O–H groups in total. The van der Waals surface area contributed by atoms with Crippen molar-refractivity contribution in [1.29, 1.82) is 0 Å². The summed E-state index contributed by atoms with van der Waals surface area (Å²) in [5.74, 6) is 1.22. The molecular weight excluding hydrogens is 556 g/mol. The van der Waals surface area contributed by atoms with Crippen LogP contribution in [-0.2, 0) is 0 Å². The Balaban J connectivity index is 1.41. The number of pyridine rings is 1. The van der Waals surface area contributed by atoms with Gasteiger partial charge >= 0.3 is 0 Å². The highest BCUT2D eigenvalue weighted by atomic mass is 35.5. The maximum Gasteiger partial charge on any atom is 0.269 e. The zero-order valence-electron chi connectivity index (χ0n) is 22.9. The van der Waals surface area contributed by atoms with Crippen LogP contribution >= 0.6 is 23.8 Å². The molecule has 0 spiro atoms. The minimum Gasteiger partial charge on any atom is -0.370 e. The Morgan fingerprint density at radius 3 is 2.39 bits per heavy atom. The first-order valence-electron chi connectivity index (χ1n) is 13.8. The standard InChI is InChI=1S/C31H31ClN6O2S/c1-20-16-21(2)19-35(18-20)27-13-12-24(17-25(27)32)37-30(29(34-31(37)41)26-6-3-4-14-33-26)28-7-5-15-36(28)22-8-10-23(11-9-22)38(39)40/h3-15,17,20-21,29-30H,16,18-19H2,1-2H3,(H,34,41)/t20-,21-,29+,30+/m1/s1. The van der Waals surface area contributed by atoms with Crippen LogP contribution in [0.5, 0.6) is 0 Å². The number of benzene rings is 2. The first-order chi connectivity index (χ1) is 19.8. The van der Waals surface area contributed by atoms with Gasteiger partial charge in [-0.25, -0.2) is 0 Å². The number of aromatic nitrogens is 2. The van der Waals surface area contributed by atoms with E-state index < -0.39 is 4.92 Å². The third-order valence-corrected chi connectivity index (χ3v) is 8.56. The summed E-state index contributed by atoms with van der Waals surface area (Å²) in [5, 5.41) is 16.0. The van der Waals surface area contributed by atoms with Gasteiger partial charge in [-0.15, -0.1) is 0 Å². The van der Waals surface area contributed by atoms with Gasteiger partial charge in [0.2, 0.25) is 0 Å². The van der Waals surface area contributed by atoms with Crippen LogP contribution in [0.2, 0.25) is 5.02 Å². The molecule has 0 radical (unpaired) electrons. The van der Waals surface area contributed by atoms with Crippen LogP contribution in [0.1, 0.15) is 43.7 Å². The molecule has 2 aromatic carbocycles. The number of nitro groups is 1. The molecule has 41 heavy (non-hydrogen) atoms. The number of nitrogens with zero attached hydrogens (tertiary/aromatic N) is 5. The molecule has 0 unspecified atom stereocenters. The molecular formula is C31H31ClN6O2S. The number of rotatable bonds is 6. The lowest BCUT2D eigenvalue weighted by atomic mass is 9.91. The second-order valence-electron chi connectivity index (χ2n) is 11.1. The highest BCUT2D eigenvalue weighted by Gasteiger charge is 2.42. The number of hydrogen-bond acceptors (Lipinski definition) is 5. The summed E-state index contributed by atoms with van der Waals surface area (Å²) < 4.78 is 2.04. The summed E-state index contributed by atoms with van der Waals surface area (Å²) in [4.78, 5) is 20.0. The van der Waals surface area contributed by atoms with Crippen molar-refractivity contribution in [3.8, 4) is 5.69 Å². The molecule has 2 saturated heterocycles. The van der Waals surface area contributed by atoms with E-state index in [1.807, 2.05) is 41.1 Å². The van der Waals surface area contributed by atoms with E-state index in [1.165, 1.54) is 18.6 Å². The van der Waals surface area contributed by atoms with Crippen molar-refractivity contribution >= 4 is 46.0 Å². The number of hydrogen-bond donors (Lipinski definition) is 1. The molecule has 8 nitrogen and oxygen atoms in total. The molecule has 4 atom stereocenters. The van der Waals surface area contributed by atoms with Gasteiger partial charge in [0.1, 0.15) is 6.04 Å². The predicted octanol–water partition coefficient (Wildman–Crippen LogP) is 7.09. The number of nitrogens with one attached hydrogen (secondary N) is 1. The van der Waals surface area contributed by atoms with Crippen molar-refractivity contribution in [3.63, 3.8) is 0 Å². The van der Waals surface area contributed by atoms with Gasteiger partial charge in [0.15, 0.2) is 5.11 Å². The smallest absolute Gasteiger partial charge is 0.269 e. The van der Waals surface area contributed by atoms with Gasteiger partial charge in [-0.1, -0.05) is 31.5 Å². The van der Waals surface area contributed by atoms with E-state index in [4.69, 9.17) is 23.8 Å². The highest BCUT2D eigenvalue weighted by molar-refractivity contribution is 7.80. The van der Waals surface area contributed by atoms with Crippen molar-refractivity contribution in [2.75, 3.05) is 22.9 Å². The van der Waals surface area contributed by atoms with Crippen molar-refractivity contribution in [1.82, 2.24) is 14.9 Å². The third kappa shape index (κ3) is 5.27. The van der Waals surface area contributed by atoms with E-state index in [0.29, 0.717) is 22.0 Å². The molecule has 10 heteroatoms. The normalized spacial score (nSPS) is 22.6. The number of non-ortho nitro benzene ring substituents is 1. The van der Waals surface area contributed by atoms with E-state index in [1.54, 1.807) is 18.3 Å². The van der Waals surface area contributed by atoms with Gasteiger partial charge in [-0.2, -0.15) is 0 Å². The SMILES string of the molecule is C[C@@H]1C[C@@H](C)CN(c2ccc(N3C(=S)N[C@@H](c4ccccn4)[C@@H]3c3cccn3-c3ccc([N+](=O)[O-])cc3)cc2Cl)C1. The number of thiocarbonyl (C=S) groups is 1. The van der Waals surface area contributed by atoms with E-state index in [9.17, 15) is 10.1 Å². The Hall–Kier alpha value is -3.95. The van der Waals surface area contributed by atoms with Crippen LogP contribution in [0.25, 0.3) is 5.69 Å². The second-order valence-corrected chi connectivity index (χ2v) is 11.9. The molecule has 0 saturated carbocycles. The molecule has 2 fully saturated rings. The van der Waals surface area contributed by atoms with Crippen LogP contribution in [0, 0.1) is 22.0 Å². The van der Waals surface area contributed by atoms with Crippen LogP contribution < -0.4 is 15.1 Å². The third-order valence-electron chi connectivity index (χ3n) is 7.94. The largest absolute Gasteiger partial charge is 0.370 e. The lowest BCUT2D eigenvalue weighted by Crippen LogP contribution is -2.38. The zero-order chi connectivity index (χ0) is 28.7. The van der Waals surface area contributed by atoms with E-state index in [-0.39, 0.29) is 17.8 Å². The summed E-state index contributed by atoms with van der Waals surface area (Å²) >= 11 is 12.9. The first kappa shape index (κ1) is 27.2. The average Bonchev–Trinajstić information content (AvgIpc) is 3.57.